The predicted molar refractivity (Wildman–Crippen MR) is 91.8 cm³/mol. The number of likely N-dealkylation sites (tertiary alicyclic amines) is 1. The summed E-state index contributed by atoms with van der Waals surface area (Å²) in [6, 6.07) is 1.14. The summed E-state index contributed by atoms with van der Waals surface area (Å²) in [5.74, 6) is -1.12. The summed E-state index contributed by atoms with van der Waals surface area (Å²) in [6.07, 6.45) is 5.28. The summed E-state index contributed by atoms with van der Waals surface area (Å²) >= 11 is 0. The molecule has 136 valence electrons. The molecule has 1 aliphatic heterocycles. The summed E-state index contributed by atoms with van der Waals surface area (Å²) in [5.41, 5.74) is -0.00717. The van der Waals surface area contributed by atoms with Gasteiger partial charge in [-0.25, -0.2) is 17.9 Å². The number of nitrogens with zero attached hydrogens (tertiary/aromatic N) is 2. The molecule has 1 aliphatic rings. The van der Waals surface area contributed by atoms with Gasteiger partial charge < -0.3 is 14.6 Å². The molecule has 0 amide bonds. The molecule has 8 heteroatoms. The first-order valence-electron chi connectivity index (χ1n) is 8.55. The molecule has 1 aromatic rings. The highest BCUT2D eigenvalue weighted by molar-refractivity contribution is 7.89. The third-order valence-electron chi connectivity index (χ3n) is 4.48. The predicted octanol–water partition coefficient (Wildman–Crippen LogP) is 1.75. The summed E-state index contributed by atoms with van der Waals surface area (Å²) < 4.78 is 29.2. The van der Waals surface area contributed by atoms with Crippen molar-refractivity contribution in [1.29, 1.82) is 0 Å². The van der Waals surface area contributed by atoms with E-state index in [1.54, 1.807) is 6.92 Å². The van der Waals surface area contributed by atoms with E-state index in [-0.39, 0.29) is 16.6 Å². The Labute approximate surface area is 143 Å². The third-order valence-corrected chi connectivity index (χ3v) is 5.97. The molecule has 0 saturated carbocycles. The molecule has 0 radical (unpaired) electrons. The number of carboxylic acid groups (broad SMARTS) is 1. The van der Waals surface area contributed by atoms with Crippen molar-refractivity contribution in [1.82, 2.24) is 14.2 Å². The van der Waals surface area contributed by atoms with Gasteiger partial charge in [0.25, 0.3) is 0 Å². The van der Waals surface area contributed by atoms with Crippen molar-refractivity contribution in [2.75, 3.05) is 19.6 Å². The third kappa shape index (κ3) is 4.58. The summed E-state index contributed by atoms with van der Waals surface area (Å²) in [5, 5.41) is 9.16. The van der Waals surface area contributed by atoms with Crippen LogP contribution in [-0.4, -0.2) is 54.6 Å². The highest BCUT2D eigenvalue weighted by Gasteiger charge is 2.26. The first kappa shape index (κ1) is 19.0. The van der Waals surface area contributed by atoms with Crippen LogP contribution in [0.15, 0.2) is 17.2 Å². The van der Waals surface area contributed by atoms with E-state index in [0.29, 0.717) is 6.54 Å². The molecule has 1 aromatic heterocycles. The number of hydrogen-bond donors (Lipinski definition) is 2. The van der Waals surface area contributed by atoms with Crippen LogP contribution in [0.4, 0.5) is 0 Å². The van der Waals surface area contributed by atoms with Crippen LogP contribution < -0.4 is 4.72 Å². The smallest absolute Gasteiger partial charge is 0.352 e. The number of carboxylic acids is 1. The normalized spacial score (nSPS) is 17.2. The second-order valence-corrected chi connectivity index (χ2v) is 7.96. The first-order valence-corrected chi connectivity index (χ1v) is 10.0. The van der Waals surface area contributed by atoms with Crippen LogP contribution in [0.1, 0.15) is 50.0 Å². The maximum Gasteiger partial charge on any atom is 0.352 e. The Morgan fingerprint density at radius 3 is 2.50 bits per heavy atom. The molecule has 0 bridgehead atoms. The van der Waals surface area contributed by atoms with Gasteiger partial charge in [-0.15, -0.1) is 0 Å². The average Bonchev–Trinajstić information content (AvgIpc) is 2.99. The molecule has 24 heavy (non-hydrogen) atoms. The maximum atomic E-state index is 12.5. The standard InChI is InChI=1S/C16H27N3O4S/c1-3-5-8-18-9-6-13(7-10-18)17-24(22,23)14-11-15(16(20)21)19(4-2)12-14/h11-13,17H,3-10H2,1-2H3,(H,20,21). The van der Waals surface area contributed by atoms with E-state index in [1.807, 2.05) is 0 Å². The van der Waals surface area contributed by atoms with Crippen molar-refractivity contribution >= 4 is 16.0 Å². The van der Waals surface area contributed by atoms with Gasteiger partial charge in [-0.2, -0.15) is 0 Å². The number of carbonyl (C=O) groups is 1. The lowest BCUT2D eigenvalue weighted by molar-refractivity contribution is 0.0685. The summed E-state index contributed by atoms with van der Waals surface area (Å²) in [6.45, 7) is 7.20. The van der Waals surface area contributed by atoms with E-state index in [9.17, 15) is 13.2 Å². The Balaban J connectivity index is 2.01. The minimum atomic E-state index is -3.69. The van der Waals surface area contributed by atoms with Crippen LogP contribution in [0.3, 0.4) is 0 Å². The van der Waals surface area contributed by atoms with Gasteiger partial charge in [-0.1, -0.05) is 13.3 Å². The second kappa shape index (κ2) is 8.13. The molecule has 0 aliphatic carbocycles. The number of nitrogens with one attached hydrogen (secondary N) is 1. The number of sulfonamides is 1. The Bertz CT molecular complexity index is 661. The van der Waals surface area contributed by atoms with Crippen LogP contribution in [0, 0.1) is 0 Å². The van der Waals surface area contributed by atoms with Crippen LogP contribution in [-0.2, 0) is 16.6 Å². The lowest BCUT2D eigenvalue weighted by Crippen LogP contribution is -2.44. The average molecular weight is 357 g/mol. The molecule has 7 nitrogen and oxygen atoms in total. The van der Waals surface area contributed by atoms with E-state index in [4.69, 9.17) is 5.11 Å². The number of piperidine rings is 1. The largest absolute Gasteiger partial charge is 0.477 e. The zero-order valence-corrected chi connectivity index (χ0v) is 15.2. The lowest BCUT2D eigenvalue weighted by atomic mass is 10.1. The number of rotatable bonds is 8. The van der Waals surface area contributed by atoms with Gasteiger partial charge in [0, 0.05) is 18.8 Å². The molecule has 1 fully saturated rings. The second-order valence-electron chi connectivity index (χ2n) is 6.24. The van der Waals surface area contributed by atoms with Crippen molar-refractivity contribution in [2.45, 2.75) is 57.0 Å². The van der Waals surface area contributed by atoms with E-state index >= 15 is 0 Å². The van der Waals surface area contributed by atoms with E-state index in [1.165, 1.54) is 23.3 Å². The molecule has 2 rings (SSSR count). The van der Waals surface area contributed by atoms with Crippen molar-refractivity contribution in [3.05, 3.63) is 18.0 Å². The molecule has 2 N–H and O–H groups in total. The number of aryl methyl sites for hydroxylation is 1. The molecule has 2 heterocycles. The van der Waals surface area contributed by atoms with Crippen LogP contribution in [0.25, 0.3) is 0 Å². The molecular weight excluding hydrogens is 330 g/mol. The first-order chi connectivity index (χ1) is 11.4. The molecular formula is C16H27N3O4S. The zero-order chi connectivity index (χ0) is 17.7. The number of aromatic carboxylic acids is 1. The Kier molecular flexibility index (Phi) is 6.42. The van der Waals surface area contributed by atoms with Gasteiger partial charge in [0.1, 0.15) is 10.6 Å². The maximum absolute atomic E-state index is 12.5. The Morgan fingerprint density at radius 2 is 2.00 bits per heavy atom. The molecule has 0 aromatic carbocycles. The molecule has 0 spiro atoms. The highest BCUT2D eigenvalue weighted by atomic mass is 32.2. The van der Waals surface area contributed by atoms with E-state index < -0.39 is 16.0 Å². The van der Waals surface area contributed by atoms with Crippen molar-refractivity contribution < 1.29 is 18.3 Å². The molecule has 1 saturated heterocycles. The monoisotopic (exact) mass is 357 g/mol. The van der Waals surface area contributed by atoms with Gasteiger partial charge >= 0.3 is 5.97 Å². The molecule has 0 unspecified atom stereocenters. The quantitative estimate of drug-likeness (QED) is 0.739. The van der Waals surface area contributed by atoms with Crippen LogP contribution in [0.2, 0.25) is 0 Å². The fourth-order valence-corrected chi connectivity index (χ4v) is 4.36. The van der Waals surface area contributed by atoms with E-state index in [0.717, 1.165) is 38.9 Å². The van der Waals surface area contributed by atoms with Crippen LogP contribution in [0.5, 0.6) is 0 Å². The van der Waals surface area contributed by atoms with Gasteiger partial charge in [-0.3, -0.25) is 0 Å². The minimum Gasteiger partial charge on any atom is -0.477 e. The number of aromatic nitrogens is 1. The summed E-state index contributed by atoms with van der Waals surface area (Å²) in [7, 11) is -3.69. The molecule has 0 atom stereocenters. The SMILES string of the molecule is CCCCN1CCC(NS(=O)(=O)c2cc(C(=O)O)n(CC)c2)CC1. The fraction of sp³-hybridized carbons (Fsp3) is 0.688. The van der Waals surface area contributed by atoms with Crippen LogP contribution >= 0.6 is 0 Å². The zero-order valence-electron chi connectivity index (χ0n) is 14.4. The Hall–Kier alpha value is -1.38. The van der Waals surface area contributed by atoms with Gasteiger partial charge in [0.05, 0.1) is 0 Å². The van der Waals surface area contributed by atoms with Gasteiger partial charge in [-0.05, 0) is 51.9 Å². The van der Waals surface area contributed by atoms with Crippen molar-refractivity contribution in [3.8, 4) is 0 Å². The minimum absolute atomic E-state index is 0.00717. The van der Waals surface area contributed by atoms with Gasteiger partial charge in [0.2, 0.25) is 10.0 Å². The summed E-state index contributed by atoms with van der Waals surface area (Å²) in [4.78, 5) is 13.6. The fourth-order valence-electron chi connectivity index (χ4n) is 3.01. The Morgan fingerprint density at radius 1 is 1.33 bits per heavy atom. The lowest BCUT2D eigenvalue weighted by Gasteiger charge is -2.32. The topological polar surface area (TPSA) is 91.6 Å². The van der Waals surface area contributed by atoms with Crippen molar-refractivity contribution in [3.63, 3.8) is 0 Å². The number of hydrogen-bond acceptors (Lipinski definition) is 4. The van der Waals surface area contributed by atoms with Gasteiger partial charge in [0.15, 0.2) is 0 Å². The number of unbranched alkanes of at least 4 members (excludes halogenated alkanes) is 1. The van der Waals surface area contributed by atoms with Crippen molar-refractivity contribution in [2.24, 2.45) is 0 Å². The van der Waals surface area contributed by atoms with E-state index in [2.05, 4.69) is 16.5 Å². The highest BCUT2D eigenvalue weighted by Crippen LogP contribution is 2.18.